The van der Waals surface area contributed by atoms with Crippen LogP contribution in [0.15, 0.2) is 71.6 Å². The van der Waals surface area contributed by atoms with Crippen LogP contribution in [0.5, 0.6) is 5.75 Å². The highest BCUT2D eigenvalue weighted by Gasteiger charge is 2.30. The summed E-state index contributed by atoms with van der Waals surface area (Å²) in [6.07, 6.45) is 0.701. The lowest BCUT2D eigenvalue weighted by Crippen LogP contribution is -2.29. The van der Waals surface area contributed by atoms with Crippen molar-refractivity contribution in [3.05, 3.63) is 83.4 Å². The van der Waals surface area contributed by atoms with Crippen LogP contribution >= 0.6 is 0 Å². The molecular formula is C24H24N2O4S. The summed E-state index contributed by atoms with van der Waals surface area (Å²) in [4.78, 5) is 12.4. The first-order valence-electron chi connectivity index (χ1n) is 10.1. The van der Waals surface area contributed by atoms with Crippen LogP contribution in [-0.2, 0) is 21.2 Å². The fraction of sp³-hybridized carbons (Fsp3) is 0.208. The number of aryl methyl sites for hydroxylation is 2. The molecule has 3 aromatic rings. The normalized spacial score (nSPS) is 13.0. The topological polar surface area (TPSA) is 75.7 Å². The van der Waals surface area contributed by atoms with Gasteiger partial charge in [-0.2, -0.15) is 0 Å². The Morgan fingerprint density at radius 1 is 1.03 bits per heavy atom. The molecule has 0 saturated heterocycles. The first kappa shape index (κ1) is 20.9. The zero-order valence-corrected chi connectivity index (χ0v) is 18.3. The molecule has 0 unspecified atom stereocenters. The van der Waals surface area contributed by atoms with Gasteiger partial charge in [-0.1, -0.05) is 35.9 Å². The average molecular weight is 437 g/mol. The van der Waals surface area contributed by atoms with E-state index in [9.17, 15) is 13.2 Å². The van der Waals surface area contributed by atoms with Crippen LogP contribution in [0.1, 0.15) is 16.7 Å². The van der Waals surface area contributed by atoms with Crippen molar-refractivity contribution in [2.24, 2.45) is 0 Å². The van der Waals surface area contributed by atoms with Crippen molar-refractivity contribution in [1.29, 1.82) is 0 Å². The van der Waals surface area contributed by atoms with E-state index in [4.69, 9.17) is 4.74 Å². The molecule has 0 saturated carbocycles. The SMILES string of the molecule is Cc1ccc(NC(=O)COc2ccc(S(=O)(=O)N3CCc4ccccc43)cc2)c(C)c1. The number of carbonyl (C=O) groups excluding carboxylic acids is 1. The number of hydrogen-bond acceptors (Lipinski definition) is 4. The molecule has 4 rings (SSSR count). The largest absolute Gasteiger partial charge is 0.484 e. The third-order valence-electron chi connectivity index (χ3n) is 5.28. The standard InChI is InChI=1S/C24H24N2O4S/c1-17-7-12-22(18(2)15-17)25-24(27)16-30-20-8-10-21(11-9-20)31(28,29)26-14-13-19-5-3-4-6-23(19)26/h3-12,15H,13-14,16H2,1-2H3,(H,25,27). The first-order valence-corrected chi connectivity index (χ1v) is 11.5. The van der Waals surface area contributed by atoms with Gasteiger partial charge in [0.05, 0.1) is 10.6 Å². The molecule has 1 N–H and O–H groups in total. The van der Waals surface area contributed by atoms with Crippen LogP contribution in [0.4, 0.5) is 11.4 Å². The molecule has 31 heavy (non-hydrogen) atoms. The van der Waals surface area contributed by atoms with E-state index < -0.39 is 10.0 Å². The highest BCUT2D eigenvalue weighted by atomic mass is 32.2. The Morgan fingerprint density at radius 3 is 2.52 bits per heavy atom. The van der Waals surface area contributed by atoms with Gasteiger partial charge in [-0.25, -0.2) is 8.42 Å². The molecule has 160 valence electrons. The summed E-state index contributed by atoms with van der Waals surface area (Å²) >= 11 is 0. The smallest absolute Gasteiger partial charge is 0.264 e. The van der Waals surface area contributed by atoms with Crippen LogP contribution in [0.25, 0.3) is 0 Å². The number of nitrogens with zero attached hydrogens (tertiary/aromatic N) is 1. The molecule has 0 radical (unpaired) electrons. The Bertz CT molecular complexity index is 1220. The maximum absolute atomic E-state index is 13.1. The number of sulfonamides is 1. The van der Waals surface area contributed by atoms with Gasteiger partial charge < -0.3 is 10.1 Å². The molecule has 7 heteroatoms. The number of benzene rings is 3. The van der Waals surface area contributed by atoms with Gasteiger partial charge in [0.2, 0.25) is 0 Å². The molecule has 0 fully saturated rings. The molecule has 1 amide bonds. The number of anilines is 2. The number of amides is 1. The van der Waals surface area contributed by atoms with Crippen molar-refractivity contribution in [1.82, 2.24) is 0 Å². The quantitative estimate of drug-likeness (QED) is 0.632. The van der Waals surface area contributed by atoms with Gasteiger partial charge in [0.15, 0.2) is 6.61 Å². The first-order chi connectivity index (χ1) is 14.8. The average Bonchev–Trinajstić information content (AvgIpc) is 3.20. The molecule has 1 heterocycles. The number of ether oxygens (including phenoxy) is 1. The summed E-state index contributed by atoms with van der Waals surface area (Å²) in [5.41, 5.74) is 4.60. The molecule has 0 aliphatic carbocycles. The minimum atomic E-state index is -3.65. The van der Waals surface area contributed by atoms with E-state index in [-0.39, 0.29) is 17.4 Å². The lowest BCUT2D eigenvalue weighted by atomic mass is 10.1. The highest BCUT2D eigenvalue weighted by molar-refractivity contribution is 7.92. The maximum atomic E-state index is 13.1. The number of para-hydroxylation sites is 1. The van der Waals surface area contributed by atoms with Crippen LogP contribution in [0.3, 0.4) is 0 Å². The third kappa shape index (κ3) is 4.41. The van der Waals surface area contributed by atoms with Gasteiger partial charge in [-0.15, -0.1) is 0 Å². The molecule has 0 aromatic heterocycles. The Labute approximate surface area is 182 Å². The molecule has 1 aliphatic rings. The predicted molar refractivity (Wildman–Crippen MR) is 121 cm³/mol. The maximum Gasteiger partial charge on any atom is 0.264 e. The fourth-order valence-corrected chi connectivity index (χ4v) is 5.18. The van der Waals surface area contributed by atoms with Crippen molar-refractivity contribution in [2.75, 3.05) is 22.8 Å². The molecule has 6 nitrogen and oxygen atoms in total. The second kappa shape index (κ2) is 8.43. The van der Waals surface area contributed by atoms with E-state index in [1.165, 1.54) is 16.4 Å². The number of fused-ring (bicyclic) bond motifs is 1. The molecule has 0 atom stereocenters. The number of hydrogen-bond donors (Lipinski definition) is 1. The van der Waals surface area contributed by atoms with E-state index in [1.807, 2.05) is 56.3 Å². The fourth-order valence-electron chi connectivity index (χ4n) is 3.68. The van der Waals surface area contributed by atoms with Crippen molar-refractivity contribution in [2.45, 2.75) is 25.2 Å². The second-order valence-electron chi connectivity index (χ2n) is 7.58. The van der Waals surface area contributed by atoms with Gasteiger partial charge in [0, 0.05) is 12.2 Å². The molecule has 0 spiro atoms. The number of nitrogens with one attached hydrogen (secondary N) is 1. The van der Waals surface area contributed by atoms with Gasteiger partial charge in [0.1, 0.15) is 5.75 Å². The molecule has 1 aliphatic heterocycles. The second-order valence-corrected chi connectivity index (χ2v) is 9.44. The Balaban J connectivity index is 1.40. The summed E-state index contributed by atoms with van der Waals surface area (Å²) in [7, 11) is -3.65. The van der Waals surface area contributed by atoms with Crippen LogP contribution < -0.4 is 14.4 Å². The number of carbonyl (C=O) groups is 1. The van der Waals surface area contributed by atoms with E-state index in [1.54, 1.807) is 12.1 Å². The van der Waals surface area contributed by atoms with Crippen LogP contribution in [0, 0.1) is 13.8 Å². The summed E-state index contributed by atoms with van der Waals surface area (Å²) < 4.78 is 33.1. The van der Waals surface area contributed by atoms with Crippen molar-refractivity contribution < 1.29 is 17.9 Å². The lowest BCUT2D eigenvalue weighted by molar-refractivity contribution is -0.118. The van der Waals surface area contributed by atoms with Crippen molar-refractivity contribution >= 4 is 27.3 Å². The Hall–Kier alpha value is -3.32. The monoisotopic (exact) mass is 436 g/mol. The van der Waals surface area contributed by atoms with E-state index in [2.05, 4.69) is 5.32 Å². The lowest BCUT2D eigenvalue weighted by Gasteiger charge is -2.19. The Kier molecular flexibility index (Phi) is 5.69. The molecule has 0 bridgehead atoms. The molecule has 3 aromatic carbocycles. The minimum absolute atomic E-state index is 0.168. The van der Waals surface area contributed by atoms with E-state index in [0.29, 0.717) is 18.7 Å². The van der Waals surface area contributed by atoms with Crippen molar-refractivity contribution in [3.63, 3.8) is 0 Å². The summed E-state index contributed by atoms with van der Waals surface area (Å²) in [6.45, 7) is 4.19. The van der Waals surface area contributed by atoms with E-state index in [0.717, 1.165) is 28.1 Å². The van der Waals surface area contributed by atoms with Gasteiger partial charge in [-0.3, -0.25) is 9.10 Å². The zero-order chi connectivity index (χ0) is 22.0. The zero-order valence-electron chi connectivity index (χ0n) is 17.5. The van der Waals surface area contributed by atoms with E-state index >= 15 is 0 Å². The number of rotatable bonds is 6. The van der Waals surface area contributed by atoms with Crippen LogP contribution in [0.2, 0.25) is 0 Å². The van der Waals surface area contributed by atoms with Crippen molar-refractivity contribution in [3.8, 4) is 5.75 Å². The molecular weight excluding hydrogens is 412 g/mol. The highest BCUT2D eigenvalue weighted by Crippen LogP contribution is 2.33. The van der Waals surface area contributed by atoms with Gasteiger partial charge in [0.25, 0.3) is 15.9 Å². The third-order valence-corrected chi connectivity index (χ3v) is 7.11. The summed E-state index contributed by atoms with van der Waals surface area (Å²) in [5, 5.41) is 2.82. The van der Waals surface area contributed by atoms with Gasteiger partial charge >= 0.3 is 0 Å². The van der Waals surface area contributed by atoms with Crippen LogP contribution in [-0.4, -0.2) is 27.5 Å². The summed E-state index contributed by atoms with van der Waals surface area (Å²) in [6, 6.07) is 19.5. The minimum Gasteiger partial charge on any atom is -0.484 e. The summed E-state index contributed by atoms with van der Waals surface area (Å²) in [5.74, 6) is 0.147. The Morgan fingerprint density at radius 2 is 1.77 bits per heavy atom. The van der Waals surface area contributed by atoms with Gasteiger partial charge in [-0.05, 0) is 67.8 Å². The predicted octanol–water partition coefficient (Wildman–Crippen LogP) is 4.07.